The molecule has 2 bridgehead atoms. The molecule has 3 heterocycles. The number of fused-ring (bicyclic) bond motifs is 2. The first kappa shape index (κ1) is 32.7. The quantitative estimate of drug-likeness (QED) is 0.257. The Hall–Kier alpha value is -2.81. The first-order valence-corrected chi connectivity index (χ1v) is 13.4. The molecule has 0 radical (unpaired) electrons. The van der Waals surface area contributed by atoms with Crippen LogP contribution in [-0.2, 0) is 31.3 Å². The Kier molecular flexibility index (Phi) is 10.4. The number of carboxylic acids is 1. The van der Waals surface area contributed by atoms with Crippen LogP contribution in [0, 0.1) is 0 Å². The van der Waals surface area contributed by atoms with Gasteiger partial charge in [0.15, 0.2) is 0 Å². The highest BCUT2D eigenvalue weighted by molar-refractivity contribution is 6.31. The van der Waals surface area contributed by atoms with E-state index < -0.39 is 47.8 Å². The Morgan fingerprint density at radius 2 is 1.85 bits per heavy atom. The zero-order chi connectivity index (χ0) is 29.2. The van der Waals surface area contributed by atoms with Crippen LogP contribution in [0.1, 0.15) is 43.4 Å². The van der Waals surface area contributed by atoms with Crippen molar-refractivity contribution in [2.45, 2.75) is 75.0 Å². The summed E-state index contributed by atoms with van der Waals surface area (Å²) in [5.74, 6) is -2.05. The van der Waals surface area contributed by atoms with Gasteiger partial charge >= 0.3 is 5.97 Å². The van der Waals surface area contributed by atoms with E-state index in [1.54, 1.807) is 18.2 Å². The molecule has 7 atom stereocenters. The number of hydrogen-bond acceptors (Lipinski definition) is 9. The molecule has 3 aliphatic heterocycles. The predicted octanol–water partition coefficient (Wildman–Crippen LogP) is 0.270. The van der Waals surface area contributed by atoms with Gasteiger partial charge in [-0.1, -0.05) is 29.8 Å². The van der Waals surface area contributed by atoms with Gasteiger partial charge in [0.2, 0.25) is 11.7 Å². The number of halogens is 1. The molecule has 3 saturated heterocycles. The number of benzene rings is 2. The lowest BCUT2D eigenvalue weighted by atomic mass is 9.81. The standard InChI is InChI=1S/C23H27ClO7.C5H7NO3.H2O/c1-3-29-17-7-4-14(5-8-17)10-15-11-16(6-9-18(15)24)23-21(28)19(26)20(27)22(31-23,12-30-23)13(2)25;7-4-2-1-3(6-4)5(8)9;/h4-9,11,13,19-21,25-28H,3,10,12H2,1-2H3;3H,1-2H2,(H,6,7)(H,8,9);1H2/t13-,19+,20+,21-,22-,23+;3-;/m10./s1. The number of amides is 1. The third-order valence-corrected chi connectivity index (χ3v) is 7.84. The molecule has 5 rings (SSSR count). The Bertz CT molecular complexity index is 1230. The van der Waals surface area contributed by atoms with Crippen LogP contribution in [0.15, 0.2) is 42.5 Å². The van der Waals surface area contributed by atoms with Crippen LogP contribution in [0.3, 0.4) is 0 Å². The van der Waals surface area contributed by atoms with Crippen LogP contribution in [0.5, 0.6) is 5.75 Å². The monoisotopic (exact) mass is 597 g/mol. The molecule has 1 amide bonds. The number of aliphatic hydroxyl groups excluding tert-OH is 4. The second kappa shape index (κ2) is 13.0. The second-order valence-corrected chi connectivity index (χ2v) is 10.5. The average molecular weight is 598 g/mol. The summed E-state index contributed by atoms with van der Waals surface area (Å²) in [6.07, 6.45) is -4.48. The Balaban J connectivity index is 0.000000396. The molecule has 0 spiro atoms. The molecule has 13 heteroatoms. The Morgan fingerprint density at radius 3 is 2.39 bits per heavy atom. The molecule has 3 fully saturated rings. The van der Waals surface area contributed by atoms with Crippen LogP contribution < -0.4 is 10.1 Å². The SMILES string of the molecule is CCOc1ccc(Cc2cc([C@]34OC[C@]([C@@H](C)O)(O3)[C@@H](O)[C@H](O)[C@H]4O)ccc2Cl)cc1.O.O=C1CC[C@@H](C(=O)O)N1. The maximum atomic E-state index is 10.8. The third kappa shape index (κ3) is 6.35. The summed E-state index contributed by atoms with van der Waals surface area (Å²) in [5, 5.41) is 53.1. The van der Waals surface area contributed by atoms with Gasteiger partial charge in [-0.3, -0.25) is 4.79 Å². The smallest absolute Gasteiger partial charge is 0.326 e. The highest BCUT2D eigenvalue weighted by atomic mass is 35.5. The van der Waals surface area contributed by atoms with E-state index in [0.717, 1.165) is 16.9 Å². The predicted molar refractivity (Wildman–Crippen MR) is 145 cm³/mol. The second-order valence-electron chi connectivity index (χ2n) is 10.1. The normalized spacial score (nSPS) is 30.9. The number of rotatable bonds is 7. The molecular weight excluding hydrogens is 562 g/mol. The summed E-state index contributed by atoms with van der Waals surface area (Å²) in [7, 11) is 0. The molecule has 0 aromatic heterocycles. The van der Waals surface area contributed by atoms with Gasteiger partial charge in [-0.15, -0.1) is 0 Å². The number of nitrogens with one attached hydrogen (secondary N) is 1. The first-order valence-electron chi connectivity index (χ1n) is 13.0. The number of aliphatic carboxylic acids is 1. The molecule has 8 N–H and O–H groups in total. The molecule has 12 nitrogen and oxygen atoms in total. The molecule has 0 unspecified atom stereocenters. The van der Waals surface area contributed by atoms with Crippen molar-refractivity contribution in [3.05, 3.63) is 64.2 Å². The van der Waals surface area contributed by atoms with Gasteiger partial charge in [-0.2, -0.15) is 0 Å². The van der Waals surface area contributed by atoms with Crippen molar-refractivity contribution in [2.24, 2.45) is 0 Å². The highest BCUT2D eigenvalue weighted by Crippen LogP contribution is 2.51. The van der Waals surface area contributed by atoms with Gasteiger partial charge in [-0.05, 0) is 62.1 Å². The molecule has 2 aromatic rings. The summed E-state index contributed by atoms with van der Waals surface area (Å²) < 4.78 is 17.3. The van der Waals surface area contributed by atoms with Gasteiger partial charge < -0.3 is 50.5 Å². The topological polar surface area (TPSA) is 207 Å². The summed E-state index contributed by atoms with van der Waals surface area (Å²) in [6.45, 7) is 3.78. The van der Waals surface area contributed by atoms with Crippen molar-refractivity contribution in [3.63, 3.8) is 0 Å². The maximum Gasteiger partial charge on any atom is 0.326 e. The zero-order valence-corrected chi connectivity index (χ0v) is 23.4. The lowest BCUT2D eigenvalue weighted by Crippen LogP contribution is -2.67. The molecule has 2 aromatic carbocycles. The van der Waals surface area contributed by atoms with Crippen molar-refractivity contribution >= 4 is 23.5 Å². The van der Waals surface area contributed by atoms with E-state index in [1.807, 2.05) is 31.2 Å². The fourth-order valence-electron chi connectivity index (χ4n) is 5.12. The van der Waals surface area contributed by atoms with Crippen LogP contribution in [0.2, 0.25) is 5.02 Å². The van der Waals surface area contributed by atoms with E-state index in [-0.39, 0.29) is 18.0 Å². The van der Waals surface area contributed by atoms with Crippen LogP contribution in [0.25, 0.3) is 0 Å². The van der Waals surface area contributed by atoms with Gasteiger partial charge in [0.05, 0.1) is 19.3 Å². The van der Waals surface area contributed by atoms with E-state index >= 15 is 0 Å². The van der Waals surface area contributed by atoms with E-state index in [0.29, 0.717) is 36.5 Å². The zero-order valence-electron chi connectivity index (χ0n) is 22.6. The van der Waals surface area contributed by atoms with E-state index in [9.17, 15) is 30.0 Å². The van der Waals surface area contributed by atoms with Gasteiger partial charge in [0.25, 0.3) is 0 Å². The summed E-state index contributed by atoms with van der Waals surface area (Å²) >= 11 is 6.43. The van der Waals surface area contributed by atoms with Crippen molar-refractivity contribution < 1.29 is 54.8 Å². The Labute approximate surface area is 241 Å². The molecule has 3 aliphatic rings. The molecular formula is C28H36ClNO11. The number of carbonyl (C=O) groups is 2. The van der Waals surface area contributed by atoms with E-state index in [4.69, 9.17) is 30.9 Å². The van der Waals surface area contributed by atoms with E-state index in [1.165, 1.54) is 6.92 Å². The van der Waals surface area contributed by atoms with Gasteiger partial charge in [-0.25, -0.2) is 4.79 Å². The van der Waals surface area contributed by atoms with Crippen LogP contribution in [0.4, 0.5) is 0 Å². The van der Waals surface area contributed by atoms with Crippen molar-refractivity contribution in [1.29, 1.82) is 0 Å². The molecule has 226 valence electrons. The van der Waals surface area contributed by atoms with Crippen molar-refractivity contribution in [2.75, 3.05) is 13.2 Å². The summed E-state index contributed by atoms with van der Waals surface area (Å²) in [6, 6.07) is 12.1. The fraction of sp³-hybridized carbons (Fsp3) is 0.500. The maximum absolute atomic E-state index is 10.8. The Morgan fingerprint density at radius 1 is 1.17 bits per heavy atom. The fourth-order valence-corrected chi connectivity index (χ4v) is 5.31. The number of aliphatic hydroxyl groups is 4. The average Bonchev–Trinajstić information content (AvgIpc) is 3.54. The minimum atomic E-state index is -1.73. The van der Waals surface area contributed by atoms with Crippen molar-refractivity contribution in [3.8, 4) is 5.75 Å². The molecule has 0 aliphatic carbocycles. The number of carboxylic acid groups (broad SMARTS) is 1. The number of carbonyl (C=O) groups excluding carboxylic acids is 1. The van der Waals surface area contributed by atoms with E-state index in [2.05, 4.69) is 5.32 Å². The third-order valence-electron chi connectivity index (χ3n) is 7.47. The first-order chi connectivity index (χ1) is 18.9. The minimum Gasteiger partial charge on any atom is -0.494 e. The van der Waals surface area contributed by atoms with Crippen LogP contribution >= 0.6 is 11.6 Å². The summed E-state index contributed by atoms with van der Waals surface area (Å²) in [4.78, 5) is 20.5. The van der Waals surface area contributed by atoms with Gasteiger partial charge in [0.1, 0.15) is 35.7 Å². The molecule has 41 heavy (non-hydrogen) atoms. The minimum absolute atomic E-state index is 0. The number of hydrogen-bond donors (Lipinski definition) is 6. The lowest BCUT2D eigenvalue weighted by molar-refractivity contribution is -0.336. The number of ether oxygens (including phenoxy) is 3. The largest absolute Gasteiger partial charge is 0.494 e. The highest BCUT2D eigenvalue weighted by Gasteiger charge is 2.68. The van der Waals surface area contributed by atoms with Crippen molar-refractivity contribution in [1.82, 2.24) is 5.32 Å². The lowest BCUT2D eigenvalue weighted by Gasteiger charge is -2.47. The van der Waals surface area contributed by atoms with Crippen LogP contribution in [-0.4, -0.2) is 92.2 Å². The van der Waals surface area contributed by atoms with Gasteiger partial charge in [0, 0.05) is 17.0 Å². The molecule has 0 saturated carbocycles. The summed E-state index contributed by atoms with van der Waals surface area (Å²) in [5.41, 5.74) is 0.672.